The van der Waals surface area contributed by atoms with Crippen molar-refractivity contribution in [1.29, 1.82) is 0 Å². The van der Waals surface area contributed by atoms with Gasteiger partial charge >= 0.3 is 0 Å². The van der Waals surface area contributed by atoms with Gasteiger partial charge in [0.25, 0.3) is 0 Å². The van der Waals surface area contributed by atoms with Crippen molar-refractivity contribution in [2.24, 2.45) is 0 Å². The molecule has 0 unspecified atom stereocenters. The summed E-state index contributed by atoms with van der Waals surface area (Å²) in [7, 11) is 0. The SMILES string of the molecule is CCCc1nc(NCC)c(C)c(-c2ccc[nH]2)n1. The minimum atomic E-state index is 0.869. The Kier molecular flexibility index (Phi) is 3.97. The zero-order valence-electron chi connectivity index (χ0n) is 11.2. The number of anilines is 1. The van der Waals surface area contributed by atoms with Crippen LogP contribution in [-0.2, 0) is 6.42 Å². The van der Waals surface area contributed by atoms with Gasteiger partial charge in [-0.05, 0) is 32.4 Å². The average Bonchev–Trinajstić information content (AvgIpc) is 2.87. The second-order valence-corrected chi connectivity index (χ2v) is 4.33. The Balaban J connectivity index is 2.49. The summed E-state index contributed by atoms with van der Waals surface area (Å²) < 4.78 is 0. The molecule has 18 heavy (non-hydrogen) atoms. The quantitative estimate of drug-likeness (QED) is 0.849. The summed E-state index contributed by atoms with van der Waals surface area (Å²) in [5.74, 6) is 1.85. The topological polar surface area (TPSA) is 53.6 Å². The van der Waals surface area contributed by atoms with Crippen LogP contribution in [0.3, 0.4) is 0 Å². The molecule has 2 heterocycles. The minimum absolute atomic E-state index is 0.869. The molecule has 0 aromatic carbocycles. The zero-order valence-corrected chi connectivity index (χ0v) is 11.2. The Labute approximate surface area is 108 Å². The standard InChI is InChI=1S/C14H20N4/c1-4-7-12-17-13(11-8-6-9-16-11)10(3)14(18-12)15-5-2/h6,8-9,16H,4-5,7H2,1-3H3,(H,15,17,18). The fourth-order valence-corrected chi connectivity index (χ4v) is 1.98. The fraction of sp³-hybridized carbons (Fsp3) is 0.429. The molecule has 4 heteroatoms. The lowest BCUT2D eigenvalue weighted by molar-refractivity contribution is 0.832. The van der Waals surface area contributed by atoms with Gasteiger partial charge in [0.2, 0.25) is 0 Å². The van der Waals surface area contributed by atoms with E-state index in [1.165, 1.54) is 0 Å². The highest BCUT2D eigenvalue weighted by molar-refractivity contribution is 5.65. The molecule has 0 saturated carbocycles. The molecule has 0 spiro atoms. The predicted molar refractivity (Wildman–Crippen MR) is 74.7 cm³/mol. The van der Waals surface area contributed by atoms with Gasteiger partial charge in [-0.25, -0.2) is 9.97 Å². The van der Waals surface area contributed by atoms with E-state index in [2.05, 4.69) is 41.0 Å². The maximum atomic E-state index is 4.67. The zero-order chi connectivity index (χ0) is 13.0. The van der Waals surface area contributed by atoms with Crippen LogP contribution in [0.15, 0.2) is 18.3 Å². The molecule has 0 atom stereocenters. The second kappa shape index (κ2) is 5.67. The van der Waals surface area contributed by atoms with E-state index < -0.39 is 0 Å². The number of nitrogens with zero attached hydrogens (tertiary/aromatic N) is 2. The van der Waals surface area contributed by atoms with Crippen LogP contribution < -0.4 is 5.32 Å². The Bertz CT molecular complexity index is 503. The Morgan fingerprint density at radius 1 is 1.28 bits per heavy atom. The van der Waals surface area contributed by atoms with Gasteiger partial charge in [0.1, 0.15) is 11.6 Å². The highest BCUT2D eigenvalue weighted by Crippen LogP contribution is 2.24. The number of hydrogen-bond acceptors (Lipinski definition) is 3. The molecule has 2 rings (SSSR count). The molecular formula is C14H20N4. The first-order valence-electron chi connectivity index (χ1n) is 6.51. The fourth-order valence-electron chi connectivity index (χ4n) is 1.98. The molecule has 0 fully saturated rings. The first kappa shape index (κ1) is 12.6. The average molecular weight is 244 g/mol. The summed E-state index contributed by atoms with van der Waals surface area (Å²) in [6.45, 7) is 7.15. The molecule has 0 saturated heterocycles. The normalized spacial score (nSPS) is 10.6. The molecular weight excluding hydrogens is 224 g/mol. The Morgan fingerprint density at radius 3 is 2.72 bits per heavy atom. The van der Waals surface area contributed by atoms with Crippen molar-refractivity contribution < 1.29 is 0 Å². The molecule has 0 radical (unpaired) electrons. The summed E-state index contributed by atoms with van der Waals surface area (Å²) in [5, 5.41) is 3.31. The number of aromatic nitrogens is 3. The van der Waals surface area contributed by atoms with Crippen LogP contribution >= 0.6 is 0 Å². The van der Waals surface area contributed by atoms with Crippen LogP contribution in [0.5, 0.6) is 0 Å². The van der Waals surface area contributed by atoms with E-state index in [1.54, 1.807) is 0 Å². The van der Waals surface area contributed by atoms with Crippen LogP contribution in [0.4, 0.5) is 5.82 Å². The molecule has 2 aromatic rings. The summed E-state index contributed by atoms with van der Waals surface area (Å²) in [4.78, 5) is 12.5. The maximum absolute atomic E-state index is 4.67. The second-order valence-electron chi connectivity index (χ2n) is 4.33. The summed E-state index contributed by atoms with van der Waals surface area (Å²) in [6, 6.07) is 4.03. The van der Waals surface area contributed by atoms with Crippen molar-refractivity contribution in [2.45, 2.75) is 33.6 Å². The van der Waals surface area contributed by atoms with Gasteiger partial charge in [-0.1, -0.05) is 6.92 Å². The van der Waals surface area contributed by atoms with Crippen LogP contribution in [0.2, 0.25) is 0 Å². The van der Waals surface area contributed by atoms with E-state index in [4.69, 9.17) is 0 Å². The van der Waals surface area contributed by atoms with E-state index in [0.717, 1.165) is 48.0 Å². The van der Waals surface area contributed by atoms with Crippen LogP contribution in [0.1, 0.15) is 31.7 Å². The molecule has 4 nitrogen and oxygen atoms in total. The molecule has 0 bridgehead atoms. The number of hydrogen-bond donors (Lipinski definition) is 2. The van der Waals surface area contributed by atoms with Gasteiger partial charge in [-0.2, -0.15) is 0 Å². The lowest BCUT2D eigenvalue weighted by Gasteiger charge is -2.12. The number of aromatic amines is 1. The summed E-state index contributed by atoms with van der Waals surface area (Å²) >= 11 is 0. The number of H-pyrrole nitrogens is 1. The summed E-state index contributed by atoms with van der Waals surface area (Å²) in [6.07, 6.45) is 3.88. The van der Waals surface area contributed by atoms with E-state index >= 15 is 0 Å². The molecule has 2 N–H and O–H groups in total. The largest absolute Gasteiger partial charge is 0.370 e. The molecule has 0 amide bonds. The van der Waals surface area contributed by atoms with Crippen LogP contribution in [0, 0.1) is 6.92 Å². The van der Waals surface area contributed by atoms with Crippen molar-refractivity contribution in [2.75, 3.05) is 11.9 Å². The Morgan fingerprint density at radius 2 is 2.11 bits per heavy atom. The first-order valence-corrected chi connectivity index (χ1v) is 6.51. The molecule has 96 valence electrons. The van der Waals surface area contributed by atoms with Gasteiger partial charge in [-0.15, -0.1) is 0 Å². The van der Waals surface area contributed by atoms with Gasteiger partial charge in [0.15, 0.2) is 0 Å². The third-order valence-corrected chi connectivity index (χ3v) is 2.86. The maximum Gasteiger partial charge on any atom is 0.133 e. The van der Waals surface area contributed by atoms with E-state index in [1.807, 2.05) is 18.3 Å². The smallest absolute Gasteiger partial charge is 0.133 e. The molecule has 0 aliphatic carbocycles. The van der Waals surface area contributed by atoms with E-state index in [0.29, 0.717) is 0 Å². The lowest BCUT2D eigenvalue weighted by Crippen LogP contribution is -2.08. The Hall–Kier alpha value is -1.84. The third kappa shape index (κ3) is 2.53. The highest BCUT2D eigenvalue weighted by Gasteiger charge is 2.12. The van der Waals surface area contributed by atoms with Crippen LogP contribution in [0.25, 0.3) is 11.4 Å². The van der Waals surface area contributed by atoms with Crippen molar-refractivity contribution in [1.82, 2.24) is 15.0 Å². The first-order chi connectivity index (χ1) is 8.76. The highest BCUT2D eigenvalue weighted by atomic mass is 15.0. The van der Waals surface area contributed by atoms with Crippen molar-refractivity contribution in [3.63, 3.8) is 0 Å². The van der Waals surface area contributed by atoms with E-state index in [-0.39, 0.29) is 0 Å². The van der Waals surface area contributed by atoms with E-state index in [9.17, 15) is 0 Å². The van der Waals surface area contributed by atoms with Gasteiger partial charge in [0.05, 0.1) is 11.4 Å². The number of nitrogens with one attached hydrogen (secondary N) is 2. The van der Waals surface area contributed by atoms with Gasteiger partial charge in [0, 0.05) is 24.7 Å². The summed E-state index contributed by atoms with van der Waals surface area (Å²) in [5.41, 5.74) is 3.14. The minimum Gasteiger partial charge on any atom is -0.370 e. The van der Waals surface area contributed by atoms with Crippen molar-refractivity contribution in [3.8, 4) is 11.4 Å². The third-order valence-electron chi connectivity index (χ3n) is 2.86. The molecule has 2 aromatic heterocycles. The number of aryl methyl sites for hydroxylation is 1. The van der Waals surface area contributed by atoms with Crippen LogP contribution in [-0.4, -0.2) is 21.5 Å². The predicted octanol–water partition coefficient (Wildman–Crippen LogP) is 3.16. The molecule has 0 aliphatic rings. The lowest BCUT2D eigenvalue weighted by atomic mass is 10.1. The van der Waals surface area contributed by atoms with Gasteiger partial charge < -0.3 is 10.3 Å². The van der Waals surface area contributed by atoms with Gasteiger partial charge in [-0.3, -0.25) is 0 Å². The van der Waals surface area contributed by atoms with Crippen molar-refractivity contribution >= 4 is 5.82 Å². The monoisotopic (exact) mass is 244 g/mol. The number of rotatable bonds is 5. The molecule has 0 aliphatic heterocycles. The van der Waals surface area contributed by atoms with Crippen molar-refractivity contribution in [3.05, 3.63) is 29.7 Å².